The fourth-order valence-electron chi connectivity index (χ4n) is 2.42. The van der Waals surface area contributed by atoms with Gasteiger partial charge < -0.3 is 5.32 Å². The van der Waals surface area contributed by atoms with Crippen LogP contribution in [0, 0.1) is 5.92 Å². The molecule has 1 fully saturated rings. The van der Waals surface area contributed by atoms with Crippen LogP contribution in [-0.4, -0.2) is 18.5 Å². The number of alkyl halides is 1. The summed E-state index contributed by atoms with van der Waals surface area (Å²) in [6.07, 6.45) is 9.75. The van der Waals surface area contributed by atoms with Crippen LogP contribution in [0.3, 0.4) is 0 Å². The molecule has 1 atom stereocenters. The lowest BCUT2D eigenvalue weighted by molar-refractivity contribution is 0.305. The minimum absolute atomic E-state index is 0.682. The number of rotatable bonds is 6. The van der Waals surface area contributed by atoms with Gasteiger partial charge in [0.15, 0.2) is 0 Å². The maximum absolute atomic E-state index is 5.64. The highest BCUT2D eigenvalue weighted by Crippen LogP contribution is 2.27. The summed E-state index contributed by atoms with van der Waals surface area (Å²) in [5.41, 5.74) is 0. The number of nitrogens with one attached hydrogen (secondary N) is 1. The van der Waals surface area contributed by atoms with Crippen molar-refractivity contribution in [2.75, 3.05) is 12.4 Å². The van der Waals surface area contributed by atoms with Gasteiger partial charge in [0.05, 0.1) is 0 Å². The molecule has 0 aromatic carbocycles. The molecule has 0 saturated heterocycles. The first-order valence-corrected chi connectivity index (χ1v) is 6.65. The largest absolute Gasteiger partial charge is 0.314 e. The van der Waals surface area contributed by atoms with Gasteiger partial charge in [-0.05, 0) is 32.2 Å². The van der Waals surface area contributed by atoms with Gasteiger partial charge in [-0.15, -0.1) is 11.6 Å². The molecule has 1 N–H and O–H groups in total. The van der Waals surface area contributed by atoms with E-state index in [4.69, 9.17) is 11.6 Å². The lowest BCUT2D eigenvalue weighted by Gasteiger charge is -2.25. The first-order chi connectivity index (χ1) is 6.83. The van der Waals surface area contributed by atoms with Gasteiger partial charge in [0.1, 0.15) is 0 Å². The van der Waals surface area contributed by atoms with Crippen LogP contribution in [0.4, 0.5) is 0 Å². The molecule has 0 radical (unpaired) electrons. The fraction of sp³-hybridized carbons (Fsp3) is 1.00. The molecule has 0 heterocycles. The summed E-state index contributed by atoms with van der Waals surface area (Å²) in [5, 5.41) is 3.55. The molecular formula is C12H24ClN. The Hall–Kier alpha value is 0.250. The molecule has 2 heteroatoms. The second-order valence-corrected chi connectivity index (χ2v) is 5.02. The molecule has 0 amide bonds. The average Bonchev–Trinajstić information content (AvgIpc) is 2.20. The number of hydrogen-bond donors (Lipinski definition) is 1. The van der Waals surface area contributed by atoms with Crippen molar-refractivity contribution in [3.63, 3.8) is 0 Å². The Morgan fingerprint density at radius 2 is 2.00 bits per heavy atom. The summed E-state index contributed by atoms with van der Waals surface area (Å²) in [5.74, 6) is 1.77. The van der Waals surface area contributed by atoms with Crippen LogP contribution in [-0.2, 0) is 0 Å². The molecular weight excluding hydrogens is 194 g/mol. The fourth-order valence-corrected chi connectivity index (χ4v) is 2.56. The van der Waals surface area contributed by atoms with Crippen molar-refractivity contribution in [2.24, 2.45) is 5.92 Å². The van der Waals surface area contributed by atoms with Crippen LogP contribution < -0.4 is 5.32 Å². The zero-order valence-corrected chi connectivity index (χ0v) is 10.2. The molecule has 84 valence electrons. The molecule has 1 saturated carbocycles. The summed E-state index contributed by atoms with van der Waals surface area (Å²) in [6.45, 7) is 3.39. The Morgan fingerprint density at radius 1 is 1.29 bits per heavy atom. The van der Waals surface area contributed by atoms with Gasteiger partial charge in [-0.25, -0.2) is 0 Å². The smallest absolute Gasteiger partial charge is 0.0235 e. The zero-order chi connectivity index (χ0) is 10.2. The van der Waals surface area contributed by atoms with Crippen molar-refractivity contribution in [2.45, 2.75) is 57.9 Å². The average molecular weight is 218 g/mol. The van der Waals surface area contributed by atoms with E-state index in [0.29, 0.717) is 6.04 Å². The highest BCUT2D eigenvalue weighted by molar-refractivity contribution is 6.17. The Bertz CT molecular complexity index is 132. The molecule has 1 nitrogen and oxygen atoms in total. The van der Waals surface area contributed by atoms with E-state index >= 15 is 0 Å². The maximum Gasteiger partial charge on any atom is 0.0235 e. The lowest BCUT2D eigenvalue weighted by atomic mass is 9.85. The maximum atomic E-state index is 5.64. The highest BCUT2D eigenvalue weighted by atomic mass is 35.5. The number of hydrogen-bond acceptors (Lipinski definition) is 1. The van der Waals surface area contributed by atoms with Gasteiger partial charge in [0.2, 0.25) is 0 Å². The van der Waals surface area contributed by atoms with E-state index in [1.54, 1.807) is 0 Å². The van der Waals surface area contributed by atoms with Crippen LogP contribution in [0.5, 0.6) is 0 Å². The van der Waals surface area contributed by atoms with Crippen LogP contribution in [0.25, 0.3) is 0 Å². The van der Waals surface area contributed by atoms with Crippen molar-refractivity contribution >= 4 is 11.6 Å². The standard InChI is InChI=1S/C12H24ClN/c1-11(14-9-5-8-13)10-12-6-3-2-4-7-12/h11-12,14H,2-10H2,1H3. The molecule has 0 aliphatic heterocycles. The van der Waals surface area contributed by atoms with Gasteiger partial charge in [-0.3, -0.25) is 0 Å². The van der Waals surface area contributed by atoms with Crippen molar-refractivity contribution in [3.8, 4) is 0 Å². The highest BCUT2D eigenvalue weighted by Gasteiger charge is 2.15. The zero-order valence-electron chi connectivity index (χ0n) is 9.40. The molecule has 0 spiro atoms. The third-order valence-electron chi connectivity index (χ3n) is 3.21. The van der Waals surface area contributed by atoms with Gasteiger partial charge in [0, 0.05) is 11.9 Å². The Kier molecular flexibility index (Phi) is 6.63. The molecule has 1 aliphatic carbocycles. The van der Waals surface area contributed by atoms with Gasteiger partial charge in [-0.2, -0.15) is 0 Å². The van der Waals surface area contributed by atoms with Crippen molar-refractivity contribution in [3.05, 3.63) is 0 Å². The summed E-state index contributed by atoms with van der Waals surface area (Å²) >= 11 is 5.64. The SMILES string of the molecule is CC(CC1CCCCC1)NCCCCl. The quantitative estimate of drug-likeness (QED) is 0.530. The number of halogens is 1. The molecule has 0 aromatic rings. The van der Waals surface area contributed by atoms with Crippen LogP contribution >= 0.6 is 11.6 Å². The van der Waals surface area contributed by atoms with E-state index in [0.717, 1.165) is 24.8 Å². The third-order valence-corrected chi connectivity index (χ3v) is 3.48. The predicted molar refractivity (Wildman–Crippen MR) is 64.0 cm³/mol. The summed E-state index contributed by atoms with van der Waals surface area (Å²) < 4.78 is 0. The van der Waals surface area contributed by atoms with Gasteiger partial charge in [-0.1, -0.05) is 32.1 Å². The second-order valence-electron chi connectivity index (χ2n) is 4.64. The molecule has 1 rings (SSSR count). The van der Waals surface area contributed by atoms with Gasteiger partial charge >= 0.3 is 0 Å². The van der Waals surface area contributed by atoms with E-state index < -0.39 is 0 Å². The van der Waals surface area contributed by atoms with E-state index in [2.05, 4.69) is 12.2 Å². The molecule has 0 bridgehead atoms. The van der Waals surface area contributed by atoms with E-state index in [9.17, 15) is 0 Å². The van der Waals surface area contributed by atoms with Crippen LogP contribution in [0.1, 0.15) is 51.9 Å². The Morgan fingerprint density at radius 3 is 2.64 bits per heavy atom. The Labute approximate surface area is 93.6 Å². The van der Waals surface area contributed by atoms with Crippen molar-refractivity contribution in [1.82, 2.24) is 5.32 Å². The van der Waals surface area contributed by atoms with Crippen molar-refractivity contribution < 1.29 is 0 Å². The minimum Gasteiger partial charge on any atom is -0.314 e. The molecule has 1 unspecified atom stereocenters. The van der Waals surface area contributed by atoms with E-state index in [1.165, 1.54) is 38.5 Å². The summed E-state index contributed by atoms with van der Waals surface area (Å²) in [6, 6.07) is 0.682. The second kappa shape index (κ2) is 7.53. The molecule has 0 aromatic heterocycles. The van der Waals surface area contributed by atoms with E-state index in [1.807, 2.05) is 0 Å². The lowest BCUT2D eigenvalue weighted by Crippen LogP contribution is -2.29. The normalized spacial score (nSPS) is 21.0. The topological polar surface area (TPSA) is 12.0 Å². The monoisotopic (exact) mass is 217 g/mol. The summed E-state index contributed by atoms with van der Waals surface area (Å²) in [4.78, 5) is 0. The van der Waals surface area contributed by atoms with Crippen LogP contribution in [0.2, 0.25) is 0 Å². The first-order valence-electron chi connectivity index (χ1n) is 6.12. The minimum atomic E-state index is 0.682. The third kappa shape index (κ3) is 5.21. The predicted octanol–water partition coefficient (Wildman–Crippen LogP) is 3.56. The molecule has 14 heavy (non-hydrogen) atoms. The van der Waals surface area contributed by atoms with Crippen LogP contribution in [0.15, 0.2) is 0 Å². The van der Waals surface area contributed by atoms with Gasteiger partial charge in [0.25, 0.3) is 0 Å². The summed E-state index contributed by atoms with van der Waals surface area (Å²) in [7, 11) is 0. The first kappa shape index (κ1) is 12.3. The van der Waals surface area contributed by atoms with Crippen molar-refractivity contribution in [1.29, 1.82) is 0 Å². The van der Waals surface area contributed by atoms with E-state index in [-0.39, 0.29) is 0 Å². The molecule has 1 aliphatic rings. The Balaban J connectivity index is 2.03.